The molecular weight excluding hydrogens is 357 g/mol. The third-order valence-electron chi connectivity index (χ3n) is 3.91. The van der Waals surface area contributed by atoms with Crippen LogP contribution in [0.4, 0.5) is 4.39 Å². The quantitative estimate of drug-likeness (QED) is 0.735. The molecule has 0 bridgehead atoms. The van der Waals surface area contributed by atoms with E-state index in [0.717, 1.165) is 6.07 Å². The first-order valence-electron chi connectivity index (χ1n) is 7.97. The van der Waals surface area contributed by atoms with Gasteiger partial charge >= 0.3 is 5.97 Å². The molecule has 0 fully saturated rings. The van der Waals surface area contributed by atoms with Gasteiger partial charge in [-0.1, -0.05) is 0 Å². The van der Waals surface area contributed by atoms with Crippen LogP contribution in [0.25, 0.3) is 0 Å². The number of carboxylic acids is 1. The fourth-order valence-electron chi connectivity index (χ4n) is 2.56. The van der Waals surface area contributed by atoms with Gasteiger partial charge in [-0.3, -0.25) is 9.59 Å². The van der Waals surface area contributed by atoms with E-state index in [1.807, 2.05) is 0 Å². The van der Waals surface area contributed by atoms with Crippen molar-refractivity contribution in [3.8, 4) is 17.2 Å². The van der Waals surface area contributed by atoms with Crippen molar-refractivity contribution >= 4 is 11.9 Å². The Morgan fingerprint density at radius 3 is 2.33 bits per heavy atom. The lowest BCUT2D eigenvalue weighted by atomic mass is 10.0. The second kappa shape index (κ2) is 8.88. The molecule has 0 aliphatic heterocycles. The summed E-state index contributed by atoms with van der Waals surface area (Å²) in [6.07, 6.45) is -0.368. The van der Waals surface area contributed by atoms with Crippen molar-refractivity contribution in [1.82, 2.24) is 5.32 Å². The minimum absolute atomic E-state index is 0.0838. The standard InChI is InChI=1S/C19H20FNO6/c1-25-12-5-6-13(16(9-12)26-2)15(10-18(22)23)21-19(24)11-4-7-14(20)17(8-11)27-3/h4-9,15H,10H2,1-3H3,(H,21,24)(H,22,23). The number of hydrogen-bond donors (Lipinski definition) is 2. The molecule has 0 aliphatic rings. The summed E-state index contributed by atoms with van der Waals surface area (Å²) in [7, 11) is 4.21. The summed E-state index contributed by atoms with van der Waals surface area (Å²) in [6, 6.07) is 7.62. The van der Waals surface area contributed by atoms with Crippen LogP contribution in [-0.2, 0) is 4.79 Å². The van der Waals surface area contributed by atoms with Crippen LogP contribution < -0.4 is 19.5 Å². The maximum Gasteiger partial charge on any atom is 0.305 e. The number of methoxy groups -OCH3 is 3. The predicted molar refractivity (Wildman–Crippen MR) is 95.0 cm³/mol. The smallest absolute Gasteiger partial charge is 0.305 e. The molecule has 1 unspecified atom stereocenters. The zero-order valence-electron chi connectivity index (χ0n) is 15.1. The number of hydrogen-bond acceptors (Lipinski definition) is 5. The highest BCUT2D eigenvalue weighted by atomic mass is 19.1. The average Bonchev–Trinajstić information content (AvgIpc) is 2.66. The maximum absolute atomic E-state index is 13.5. The number of carboxylic acid groups (broad SMARTS) is 1. The first-order chi connectivity index (χ1) is 12.9. The van der Waals surface area contributed by atoms with Crippen molar-refractivity contribution < 1.29 is 33.3 Å². The SMILES string of the molecule is COc1ccc(C(CC(=O)O)NC(=O)c2ccc(F)c(OC)c2)c(OC)c1. The molecule has 0 aromatic heterocycles. The van der Waals surface area contributed by atoms with E-state index < -0.39 is 23.7 Å². The molecule has 2 rings (SSSR count). The molecule has 0 aliphatic carbocycles. The van der Waals surface area contributed by atoms with E-state index in [-0.39, 0.29) is 17.7 Å². The van der Waals surface area contributed by atoms with Crippen molar-refractivity contribution in [3.05, 3.63) is 53.3 Å². The number of carbonyl (C=O) groups is 2. The highest BCUT2D eigenvalue weighted by Crippen LogP contribution is 2.31. The topological polar surface area (TPSA) is 94.1 Å². The summed E-state index contributed by atoms with van der Waals surface area (Å²) in [6.45, 7) is 0. The van der Waals surface area contributed by atoms with Crippen LogP contribution in [0.3, 0.4) is 0 Å². The number of carbonyl (C=O) groups excluding carboxylic acids is 1. The van der Waals surface area contributed by atoms with E-state index in [9.17, 15) is 19.1 Å². The van der Waals surface area contributed by atoms with E-state index in [1.165, 1.54) is 33.5 Å². The summed E-state index contributed by atoms with van der Waals surface area (Å²) >= 11 is 0. The van der Waals surface area contributed by atoms with Crippen LogP contribution >= 0.6 is 0 Å². The van der Waals surface area contributed by atoms with Crippen LogP contribution in [0.5, 0.6) is 17.2 Å². The maximum atomic E-state index is 13.5. The summed E-state index contributed by atoms with van der Waals surface area (Å²) in [5.74, 6) is -1.46. The van der Waals surface area contributed by atoms with Crippen molar-refractivity contribution in [3.63, 3.8) is 0 Å². The fraction of sp³-hybridized carbons (Fsp3) is 0.263. The normalized spacial score (nSPS) is 11.4. The fourth-order valence-corrected chi connectivity index (χ4v) is 2.56. The second-order valence-corrected chi connectivity index (χ2v) is 5.58. The average molecular weight is 377 g/mol. The number of benzene rings is 2. The van der Waals surface area contributed by atoms with Crippen molar-refractivity contribution in [2.45, 2.75) is 12.5 Å². The Bertz CT molecular complexity index is 839. The highest BCUT2D eigenvalue weighted by Gasteiger charge is 2.23. The van der Waals surface area contributed by atoms with Crippen molar-refractivity contribution in [2.75, 3.05) is 21.3 Å². The molecule has 7 nitrogen and oxygen atoms in total. The molecule has 0 spiro atoms. The molecule has 0 heterocycles. The Balaban J connectivity index is 2.34. The van der Waals surface area contributed by atoms with Gasteiger partial charge in [0.05, 0.1) is 33.8 Å². The number of aliphatic carboxylic acids is 1. The van der Waals surface area contributed by atoms with E-state index in [4.69, 9.17) is 14.2 Å². The predicted octanol–water partition coefficient (Wildman–Crippen LogP) is 2.80. The Morgan fingerprint density at radius 1 is 1.04 bits per heavy atom. The summed E-state index contributed by atoms with van der Waals surface area (Å²) in [4.78, 5) is 23.8. The molecule has 144 valence electrons. The van der Waals surface area contributed by atoms with Gasteiger partial charge in [0.1, 0.15) is 11.5 Å². The lowest BCUT2D eigenvalue weighted by molar-refractivity contribution is -0.137. The molecule has 1 atom stereocenters. The highest BCUT2D eigenvalue weighted by molar-refractivity contribution is 5.95. The lowest BCUT2D eigenvalue weighted by Gasteiger charge is -2.20. The van der Waals surface area contributed by atoms with Gasteiger partial charge in [-0.05, 0) is 30.3 Å². The van der Waals surface area contributed by atoms with Crippen LogP contribution in [-0.4, -0.2) is 38.3 Å². The Hall–Kier alpha value is -3.29. The van der Waals surface area contributed by atoms with Gasteiger partial charge < -0.3 is 24.6 Å². The molecule has 8 heteroatoms. The summed E-state index contributed by atoms with van der Waals surface area (Å²) < 4.78 is 28.8. The molecule has 0 radical (unpaired) electrons. The van der Waals surface area contributed by atoms with E-state index in [0.29, 0.717) is 17.1 Å². The first kappa shape index (κ1) is 20.0. The van der Waals surface area contributed by atoms with Gasteiger partial charge in [-0.25, -0.2) is 4.39 Å². The Morgan fingerprint density at radius 2 is 1.74 bits per heavy atom. The molecule has 0 saturated carbocycles. The third-order valence-corrected chi connectivity index (χ3v) is 3.91. The van der Waals surface area contributed by atoms with Gasteiger partial charge in [0.25, 0.3) is 5.91 Å². The van der Waals surface area contributed by atoms with Crippen LogP contribution in [0.15, 0.2) is 36.4 Å². The van der Waals surface area contributed by atoms with Gasteiger partial charge in [0.15, 0.2) is 11.6 Å². The first-order valence-corrected chi connectivity index (χ1v) is 7.97. The minimum atomic E-state index is -1.10. The number of nitrogens with one attached hydrogen (secondary N) is 1. The molecule has 0 saturated heterocycles. The van der Waals surface area contributed by atoms with Crippen molar-refractivity contribution in [1.29, 1.82) is 0 Å². The van der Waals surface area contributed by atoms with E-state index >= 15 is 0 Å². The molecule has 27 heavy (non-hydrogen) atoms. The molecular formula is C19H20FNO6. The van der Waals surface area contributed by atoms with E-state index in [2.05, 4.69) is 5.32 Å². The number of amides is 1. The summed E-state index contributed by atoms with van der Waals surface area (Å²) in [5.41, 5.74) is 0.610. The minimum Gasteiger partial charge on any atom is -0.497 e. The monoisotopic (exact) mass is 377 g/mol. The van der Waals surface area contributed by atoms with Crippen LogP contribution in [0.2, 0.25) is 0 Å². The largest absolute Gasteiger partial charge is 0.497 e. The Kier molecular flexibility index (Phi) is 6.59. The second-order valence-electron chi connectivity index (χ2n) is 5.58. The summed E-state index contributed by atoms with van der Waals surface area (Å²) in [5, 5.41) is 11.9. The molecule has 2 N–H and O–H groups in total. The number of ether oxygens (including phenoxy) is 3. The molecule has 1 amide bonds. The van der Waals surface area contributed by atoms with Crippen LogP contribution in [0.1, 0.15) is 28.4 Å². The lowest BCUT2D eigenvalue weighted by Crippen LogP contribution is -2.30. The van der Waals surface area contributed by atoms with Crippen molar-refractivity contribution in [2.24, 2.45) is 0 Å². The zero-order valence-corrected chi connectivity index (χ0v) is 15.1. The van der Waals surface area contributed by atoms with Gasteiger partial charge in [0.2, 0.25) is 0 Å². The zero-order chi connectivity index (χ0) is 20.0. The van der Waals surface area contributed by atoms with Gasteiger partial charge in [-0.2, -0.15) is 0 Å². The third kappa shape index (κ3) is 4.87. The molecule has 2 aromatic carbocycles. The Labute approximate surface area is 155 Å². The molecule has 2 aromatic rings. The number of rotatable bonds is 8. The van der Waals surface area contributed by atoms with Gasteiger partial charge in [-0.15, -0.1) is 0 Å². The number of halogens is 1. The van der Waals surface area contributed by atoms with E-state index in [1.54, 1.807) is 18.2 Å². The van der Waals surface area contributed by atoms with Crippen LogP contribution in [0, 0.1) is 5.82 Å². The van der Waals surface area contributed by atoms with Gasteiger partial charge in [0, 0.05) is 17.2 Å².